The van der Waals surface area contributed by atoms with E-state index in [1.807, 2.05) is 0 Å². The zero-order valence-corrected chi connectivity index (χ0v) is 13.6. The highest BCUT2D eigenvalue weighted by atomic mass is 15.2. The summed E-state index contributed by atoms with van der Waals surface area (Å²) in [5, 5.41) is 0. The molecule has 0 saturated heterocycles. The van der Waals surface area contributed by atoms with Crippen LogP contribution < -0.4 is 5.73 Å². The third-order valence-corrected chi connectivity index (χ3v) is 3.95. The van der Waals surface area contributed by atoms with Gasteiger partial charge >= 0.3 is 0 Å². The molecule has 18 heavy (non-hydrogen) atoms. The minimum absolute atomic E-state index is 0.333. The van der Waals surface area contributed by atoms with Crippen molar-refractivity contribution in [2.45, 2.75) is 91.8 Å². The van der Waals surface area contributed by atoms with Crippen LogP contribution >= 0.6 is 0 Å². The van der Waals surface area contributed by atoms with Crippen molar-refractivity contribution in [2.75, 3.05) is 6.54 Å². The van der Waals surface area contributed by atoms with Gasteiger partial charge in [-0.2, -0.15) is 0 Å². The van der Waals surface area contributed by atoms with Gasteiger partial charge in [-0.05, 0) is 31.6 Å². The van der Waals surface area contributed by atoms with E-state index in [2.05, 4.69) is 46.4 Å². The Hall–Kier alpha value is -0.0800. The molecule has 0 heterocycles. The zero-order valence-electron chi connectivity index (χ0n) is 13.6. The predicted molar refractivity (Wildman–Crippen MR) is 82.9 cm³/mol. The van der Waals surface area contributed by atoms with Crippen molar-refractivity contribution in [3.05, 3.63) is 0 Å². The summed E-state index contributed by atoms with van der Waals surface area (Å²) in [6, 6.07) is 1.58. The maximum Gasteiger partial charge on any atom is 0.0247 e. The molecule has 0 spiro atoms. The van der Waals surface area contributed by atoms with Gasteiger partial charge in [-0.25, -0.2) is 0 Å². The van der Waals surface area contributed by atoms with Crippen LogP contribution in [0.1, 0.15) is 73.6 Å². The molecule has 2 nitrogen and oxygen atoms in total. The van der Waals surface area contributed by atoms with Crippen LogP contribution in [0, 0.1) is 5.92 Å². The second kappa shape index (κ2) is 9.80. The molecule has 0 aromatic rings. The highest BCUT2D eigenvalue weighted by Gasteiger charge is 2.27. The van der Waals surface area contributed by atoms with E-state index in [0.29, 0.717) is 24.0 Å². The predicted octanol–water partition coefficient (Wildman–Crippen LogP) is 4.04. The lowest BCUT2D eigenvalue weighted by molar-refractivity contribution is 0.0875. The molecular weight excluding hydrogens is 220 g/mol. The molecule has 0 aliphatic heterocycles. The molecule has 0 aromatic carbocycles. The van der Waals surface area contributed by atoms with Crippen molar-refractivity contribution < 1.29 is 0 Å². The molecular formula is C16H36N2. The van der Waals surface area contributed by atoms with Crippen molar-refractivity contribution in [1.82, 2.24) is 4.90 Å². The topological polar surface area (TPSA) is 29.3 Å². The molecule has 0 saturated carbocycles. The standard InChI is InChI=1S/C16H36N2/c1-7-11-15(17)16(10-4)18(12-13(5)6)14(8-2)9-3/h13-16H,7-12,17H2,1-6H3. The zero-order chi connectivity index (χ0) is 14.1. The molecule has 0 aliphatic carbocycles. The number of rotatable bonds is 10. The second-order valence-corrected chi connectivity index (χ2v) is 5.99. The lowest BCUT2D eigenvalue weighted by Crippen LogP contribution is -2.52. The van der Waals surface area contributed by atoms with Gasteiger partial charge in [-0.1, -0.05) is 48.0 Å². The minimum atomic E-state index is 0.333. The van der Waals surface area contributed by atoms with E-state index in [0.717, 1.165) is 6.42 Å². The first kappa shape index (κ1) is 17.9. The summed E-state index contributed by atoms with van der Waals surface area (Å²) >= 11 is 0. The van der Waals surface area contributed by atoms with Crippen LogP contribution in [0.5, 0.6) is 0 Å². The molecule has 0 bridgehead atoms. The molecule has 110 valence electrons. The van der Waals surface area contributed by atoms with Gasteiger partial charge in [-0.3, -0.25) is 4.90 Å². The average molecular weight is 256 g/mol. The van der Waals surface area contributed by atoms with Crippen LogP contribution in [-0.4, -0.2) is 29.6 Å². The summed E-state index contributed by atoms with van der Waals surface area (Å²) in [4.78, 5) is 2.70. The molecule has 2 heteroatoms. The maximum absolute atomic E-state index is 6.42. The maximum atomic E-state index is 6.42. The lowest BCUT2D eigenvalue weighted by Gasteiger charge is -2.41. The van der Waals surface area contributed by atoms with Crippen LogP contribution in [0.2, 0.25) is 0 Å². The van der Waals surface area contributed by atoms with E-state index in [4.69, 9.17) is 5.73 Å². The van der Waals surface area contributed by atoms with E-state index < -0.39 is 0 Å². The summed E-state index contributed by atoms with van der Waals surface area (Å²) in [6.45, 7) is 14.9. The van der Waals surface area contributed by atoms with Crippen LogP contribution in [0.3, 0.4) is 0 Å². The Morgan fingerprint density at radius 3 is 1.83 bits per heavy atom. The van der Waals surface area contributed by atoms with Crippen LogP contribution in [0.4, 0.5) is 0 Å². The summed E-state index contributed by atoms with van der Waals surface area (Å²) in [7, 11) is 0. The molecule has 0 aromatic heterocycles. The molecule has 0 amide bonds. The Morgan fingerprint density at radius 2 is 1.50 bits per heavy atom. The molecule has 2 unspecified atom stereocenters. The van der Waals surface area contributed by atoms with Crippen molar-refractivity contribution >= 4 is 0 Å². The smallest absolute Gasteiger partial charge is 0.0247 e. The van der Waals surface area contributed by atoms with Crippen LogP contribution in [0.15, 0.2) is 0 Å². The van der Waals surface area contributed by atoms with Crippen molar-refractivity contribution in [1.29, 1.82) is 0 Å². The summed E-state index contributed by atoms with van der Waals surface area (Å²) in [5.74, 6) is 0.716. The third kappa shape index (κ3) is 5.71. The summed E-state index contributed by atoms with van der Waals surface area (Å²) < 4.78 is 0. The number of nitrogens with zero attached hydrogens (tertiary/aromatic N) is 1. The quantitative estimate of drug-likeness (QED) is 0.639. The minimum Gasteiger partial charge on any atom is -0.326 e. The Kier molecular flexibility index (Phi) is 9.76. The van der Waals surface area contributed by atoms with Crippen molar-refractivity contribution in [2.24, 2.45) is 11.7 Å². The first-order chi connectivity index (χ1) is 8.51. The van der Waals surface area contributed by atoms with Crippen LogP contribution in [0.25, 0.3) is 0 Å². The van der Waals surface area contributed by atoms with Gasteiger partial charge in [-0.15, -0.1) is 0 Å². The van der Waals surface area contributed by atoms with Gasteiger partial charge in [0.1, 0.15) is 0 Å². The van der Waals surface area contributed by atoms with E-state index in [1.165, 1.54) is 32.2 Å². The molecule has 2 atom stereocenters. The van der Waals surface area contributed by atoms with Gasteiger partial charge in [0.2, 0.25) is 0 Å². The van der Waals surface area contributed by atoms with Crippen LogP contribution in [-0.2, 0) is 0 Å². The average Bonchev–Trinajstić information content (AvgIpc) is 2.31. The first-order valence-electron chi connectivity index (χ1n) is 8.02. The van der Waals surface area contributed by atoms with Gasteiger partial charge in [0.05, 0.1) is 0 Å². The van der Waals surface area contributed by atoms with Gasteiger partial charge in [0.25, 0.3) is 0 Å². The van der Waals surface area contributed by atoms with Gasteiger partial charge in [0.15, 0.2) is 0 Å². The molecule has 0 fully saturated rings. The highest BCUT2D eigenvalue weighted by Crippen LogP contribution is 2.20. The molecule has 0 rings (SSSR count). The van der Waals surface area contributed by atoms with Crippen molar-refractivity contribution in [3.8, 4) is 0 Å². The SMILES string of the molecule is CCCC(N)C(CC)N(CC(C)C)C(CC)CC. The highest BCUT2D eigenvalue weighted by molar-refractivity contribution is 4.85. The molecule has 0 aliphatic rings. The Labute approximate surface area is 115 Å². The number of hydrogen-bond acceptors (Lipinski definition) is 2. The first-order valence-corrected chi connectivity index (χ1v) is 8.02. The monoisotopic (exact) mass is 256 g/mol. The summed E-state index contributed by atoms with van der Waals surface area (Å²) in [5.41, 5.74) is 6.42. The van der Waals surface area contributed by atoms with E-state index in [9.17, 15) is 0 Å². The molecule has 0 radical (unpaired) electrons. The Morgan fingerprint density at radius 1 is 0.944 bits per heavy atom. The normalized spacial score (nSPS) is 15.7. The number of nitrogens with two attached hydrogens (primary N) is 1. The number of hydrogen-bond donors (Lipinski definition) is 1. The van der Waals surface area contributed by atoms with E-state index in [1.54, 1.807) is 0 Å². The van der Waals surface area contributed by atoms with Gasteiger partial charge in [0, 0.05) is 24.7 Å². The fourth-order valence-corrected chi connectivity index (χ4v) is 3.04. The summed E-state index contributed by atoms with van der Waals surface area (Å²) in [6.07, 6.45) is 5.98. The third-order valence-electron chi connectivity index (χ3n) is 3.95. The van der Waals surface area contributed by atoms with E-state index >= 15 is 0 Å². The van der Waals surface area contributed by atoms with Gasteiger partial charge < -0.3 is 5.73 Å². The van der Waals surface area contributed by atoms with E-state index in [-0.39, 0.29) is 0 Å². The fraction of sp³-hybridized carbons (Fsp3) is 1.00. The lowest BCUT2D eigenvalue weighted by atomic mass is 9.95. The Bertz CT molecular complexity index is 188. The Balaban J connectivity index is 4.86. The van der Waals surface area contributed by atoms with Crippen molar-refractivity contribution in [3.63, 3.8) is 0 Å². The fourth-order valence-electron chi connectivity index (χ4n) is 3.04. The largest absolute Gasteiger partial charge is 0.326 e. The molecule has 2 N–H and O–H groups in total. The second-order valence-electron chi connectivity index (χ2n) is 5.99.